The highest BCUT2D eigenvalue weighted by atomic mass is 16.6. The third-order valence-corrected chi connectivity index (χ3v) is 5.60. The van der Waals surface area contributed by atoms with Crippen molar-refractivity contribution in [2.45, 2.75) is 90.9 Å². The van der Waals surface area contributed by atoms with Crippen LogP contribution in [0.2, 0.25) is 0 Å². The molecule has 1 aliphatic carbocycles. The maximum Gasteiger partial charge on any atom is 0.312 e. The lowest BCUT2D eigenvalue weighted by molar-refractivity contribution is -0.171. The minimum atomic E-state index is -0.661. The normalized spacial score (nSPS) is 22.2. The number of rotatable bonds is 5. The molecule has 0 bridgehead atoms. The van der Waals surface area contributed by atoms with Crippen molar-refractivity contribution in [3.63, 3.8) is 0 Å². The minimum absolute atomic E-state index is 0.160. The number of nitrogens with zero attached hydrogens (tertiary/aromatic N) is 3. The van der Waals surface area contributed by atoms with Crippen molar-refractivity contribution in [1.82, 2.24) is 14.8 Å². The molecule has 0 aliphatic heterocycles. The maximum atomic E-state index is 13.2. The summed E-state index contributed by atoms with van der Waals surface area (Å²) in [5.74, 6) is 1.37. The monoisotopic (exact) mass is 428 g/mol. The second-order valence-corrected chi connectivity index (χ2v) is 10.6. The summed E-state index contributed by atoms with van der Waals surface area (Å²) < 4.78 is 7.70. The quantitative estimate of drug-likeness (QED) is 0.678. The van der Waals surface area contributed by atoms with Gasteiger partial charge in [-0.3, -0.25) is 4.79 Å². The fraction of sp³-hybridized carbons (Fsp3) is 0.625. The van der Waals surface area contributed by atoms with E-state index in [1.807, 2.05) is 49.7 Å². The molecule has 0 radical (unpaired) electrons. The van der Waals surface area contributed by atoms with Gasteiger partial charge >= 0.3 is 5.97 Å². The molecule has 0 saturated heterocycles. The molecule has 3 rings (SSSR count). The molecule has 1 fully saturated rings. The van der Waals surface area contributed by atoms with Gasteiger partial charge in [0, 0.05) is 18.2 Å². The van der Waals surface area contributed by atoms with Gasteiger partial charge in [0.05, 0.1) is 23.3 Å². The molecule has 0 atom stereocenters. The average Bonchev–Trinajstić information content (AvgIpc) is 3.11. The highest BCUT2D eigenvalue weighted by molar-refractivity contribution is 5.78. The molecule has 0 unspecified atom stereocenters. The summed E-state index contributed by atoms with van der Waals surface area (Å²) in [7, 11) is 0. The number of ether oxygens (including phenoxy) is 1. The van der Waals surface area contributed by atoms with Crippen molar-refractivity contribution in [3.8, 4) is 0 Å². The summed E-state index contributed by atoms with van der Waals surface area (Å²) in [5, 5.41) is 17.8. The van der Waals surface area contributed by atoms with E-state index < -0.39 is 11.0 Å². The minimum Gasteiger partial charge on any atom is -0.460 e. The van der Waals surface area contributed by atoms with Gasteiger partial charge in [-0.25, -0.2) is 9.67 Å². The highest BCUT2D eigenvalue weighted by Crippen LogP contribution is 2.41. The molecule has 2 N–H and O–H groups in total. The third-order valence-electron chi connectivity index (χ3n) is 5.60. The Morgan fingerprint density at radius 3 is 2.48 bits per heavy atom. The number of carbonyl (C=O) groups excluding carboxylic acids is 1. The van der Waals surface area contributed by atoms with Crippen molar-refractivity contribution in [2.75, 3.05) is 5.32 Å². The lowest BCUT2D eigenvalue weighted by atomic mass is 9.70. The van der Waals surface area contributed by atoms with Crippen LogP contribution in [-0.2, 0) is 21.5 Å². The van der Waals surface area contributed by atoms with Crippen molar-refractivity contribution < 1.29 is 14.6 Å². The van der Waals surface area contributed by atoms with E-state index in [2.05, 4.69) is 31.2 Å². The molecular formula is C24H36N4O3. The Morgan fingerprint density at radius 1 is 1.19 bits per heavy atom. The molecule has 2 aromatic heterocycles. The number of aliphatic hydroxyl groups excluding tert-OH is 1. The Labute approximate surface area is 185 Å². The summed E-state index contributed by atoms with van der Waals surface area (Å²) in [6, 6.07) is 7.73. The van der Waals surface area contributed by atoms with Crippen molar-refractivity contribution in [1.29, 1.82) is 0 Å². The Kier molecular flexibility index (Phi) is 6.46. The van der Waals surface area contributed by atoms with E-state index in [-0.39, 0.29) is 17.6 Å². The van der Waals surface area contributed by atoms with E-state index in [1.165, 1.54) is 0 Å². The van der Waals surface area contributed by atoms with Crippen LogP contribution in [0.4, 0.5) is 11.6 Å². The SMILES string of the molecule is CC(C)(C)OC(=O)[C@]1(Cc2cccc(Nc3ccnn3C(C)(C)C)n2)CC[C@H](O)CC1. The zero-order chi connectivity index (χ0) is 22.9. The van der Waals surface area contributed by atoms with E-state index >= 15 is 0 Å². The van der Waals surface area contributed by atoms with Crippen LogP contribution in [0, 0.1) is 5.41 Å². The van der Waals surface area contributed by atoms with Gasteiger partial charge in [-0.05, 0) is 79.4 Å². The topological polar surface area (TPSA) is 89.3 Å². The molecule has 31 heavy (non-hydrogen) atoms. The van der Waals surface area contributed by atoms with Gasteiger partial charge < -0.3 is 15.2 Å². The van der Waals surface area contributed by atoms with Crippen LogP contribution in [0.5, 0.6) is 0 Å². The Hall–Kier alpha value is -2.41. The zero-order valence-electron chi connectivity index (χ0n) is 19.6. The van der Waals surface area contributed by atoms with Crippen LogP contribution in [0.1, 0.15) is 72.9 Å². The number of aliphatic hydroxyl groups is 1. The molecule has 1 saturated carbocycles. The summed E-state index contributed by atoms with van der Waals surface area (Å²) in [6.45, 7) is 11.9. The Balaban J connectivity index is 1.83. The third kappa shape index (κ3) is 5.85. The van der Waals surface area contributed by atoms with Crippen LogP contribution in [0.15, 0.2) is 30.5 Å². The fourth-order valence-electron chi connectivity index (χ4n) is 4.05. The molecule has 1 aliphatic rings. The number of nitrogens with one attached hydrogen (secondary N) is 1. The predicted molar refractivity (Wildman–Crippen MR) is 121 cm³/mol. The van der Waals surface area contributed by atoms with Crippen LogP contribution in [-0.4, -0.2) is 37.5 Å². The standard InChI is InChI=1S/C24H36N4O3/c1-22(2,3)28-20(12-15-25-28)27-19-9-7-8-17(26-19)16-24(13-10-18(29)11-14-24)21(30)31-23(4,5)6/h7-9,12,15,18,29H,10-11,13-14,16H2,1-6H3,(H,26,27)/t18-,24+. The molecule has 2 aromatic rings. The van der Waals surface area contributed by atoms with E-state index in [0.29, 0.717) is 37.9 Å². The molecule has 2 heterocycles. The van der Waals surface area contributed by atoms with Gasteiger partial charge in [0.1, 0.15) is 17.2 Å². The second-order valence-electron chi connectivity index (χ2n) is 10.6. The Bertz CT molecular complexity index is 900. The van der Waals surface area contributed by atoms with E-state index in [0.717, 1.165) is 11.5 Å². The summed E-state index contributed by atoms with van der Waals surface area (Å²) in [5.41, 5.74) is -0.546. The van der Waals surface area contributed by atoms with E-state index in [1.54, 1.807) is 6.20 Å². The van der Waals surface area contributed by atoms with Gasteiger partial charge in [-0.1, -0.05) is 6.07 Å². The number of anilines is 2. The van der Waals surface area contributed by atoms with E-state index in [9.17, 15) is 9.90 Å². The lowest BCUT2D eigenvalue weighted by Gasteiger charge is -2.38. The first-order chi connectivity index (χ1) is 14.4. The smallest absolute Gasteiger partial charge is 0.312 e. The van der Waals surface area contributed by atoms with Crippen LogP contribution < -0.4 is 5.32 Å². The zero-order valence-corrected chi connectivity index (χ0v) is 19.6. The first-order valence-electron chi connectivity index (χ1n) is 11.1. The molecular weight excluding hydrogens is 392 g/mol. The van der Waals surface area contributed by atoms with Gasteiger partial charge in [0.25, 0.3) is 0 Å². The van der Waals surface area contributed by atoms with E-state index in [4.69, 9.17) is 9.72 Å². The summed E-state index contributed by atoms with van der Waals surface area (Å²) >= 11 is 0. The fourth-order valence-corrected chi connectivity index (χ4v) is 4.05. The molecule has 0 aromatic carbocycles. The van der Waals surface area contributed by atoms with Crippen LogP contribution >= 0.6 is 0 Å². The summed E-state index contributed by atoms with van der Waals surface area (Å²) in [6.07, 6.45) is 4.29. The maximum absolute atomic E-state index is 13.2. The van der Waals surface area contributed by atoms with Crippen molar-refractivity contribution in [2.24, 2.45) is 5.41 Å². The number of hydrogen-bond acceptors (Lipinski definition) is 6. The van der Waals surface area contributed by atoms with Crippen molar-refractivity contribution in [3.05, 3.63) is 36.2 Å². The first kappa shape index (κ1) is 23.3. The average molecular weight is 429 g/mol. The Morgan fingerprint density at radius 2 is 1.87 bits per heavy atom. The largest absolute Gasteiger partial charge is 0.460 e. The lowest BCUT2D eigenvalue weighted by Crippen LogP contribution is -2.43. The number of carbonyl (C=O) groups is 1. The number of aromatic nitrogens is 3. The molecule has 0 spiro atoms. The van der Waals surface area contributed by atoms with Crippen LogP contribution in [0.3, 0.4) is 0 Å². The predicted octanol–water partition coefficient (Wildman–Crippen LogP) is 4.58. The molecule has 7 heteroatoms. The van der Waals surface area contributed by atoms with Crippen LogP contribution in [0.25, 0.3) is 0 Å². The number of esters is 1. The molecule has 7 nitrogen and oxygen atoms in total. The van der Waals surface area contributed by atoms with Gasteiger partial charge in [-0.2, -0.15) is 5.10 Å². The molecule has 170 valence electrons. The highest BCUT2D eigenvalue weighted by Gasteiger charge is 2.44. The second kappa shape index (κ2) is 8.61. The number of pyridine rings is 1. The number of hydrogen-bond donors (Lipinski definition) is 2. The first-order valence-corrected chi connectivity index (χ1v) is 11.1. The van der Waals surface area contributed by atoms with Gasteiger partial charge in [0.15, 0.2) is 0 Å². The van der Waals surface area contributed by atoms with Gasteiger partial charge in [0.2, 0.25) is 0 Å². The molecule has 0 amide bonds. The van der Waals surface area contributed by atoms with Crippen molar-refractivity contribution >= 4 is 17.6 Å². The summed E-state index contributed by atoms with van der Waals surface area (Å²) in [4.78, 5) is 18.0. The van der Waals surface area contributed by atoms with Gasteiger partial charge in [-0.15, -0.1) is 0 Å².